The SMILES string of the molecule is N[C@H]1CCN(Cc2ccc([N+](=O)[O-])cc2Br)C1. The van der Waals surface area contributed by atoms with Crippen LogP contribution >= 0.6 is 15.9 Å². The number of hydrogen-bond donors (Lipinski definition) is 1. The highest BCUT2D eigenvalue weighted by molar-refractivity contribution is 9.10. The van der Waals surface area contributed by atoms with Gasteiger partial charge in [-0.25, -0.2) is 0 Å². The van der Waals surface area contributed by atoms with Crippen molar-refractivity contribution in [2.75, 3.05) is 13.1 Å². The van der Waals surface area contributed by atoms with Crippen LogP contribution in [0.3, 0.4) is 0 Å². The zero-order chi connectivity index (χ0) is 12.4. The summed E-state index contributed by atoms with van der Waals surface area (Å²) in [6.07, 6.45) is 1.02. The average molecular weight is 300 g/mol. The van der Waals surface area contributed by atoms with E-state index in [0.29, 0.717) is 0 Å². The van der Waals surface area contributed by atoms with Crippen molar-refractivity contribution in [1.82, 2.24) is 4.90 Å². The van der Waals surface area contributed by atoms with Gasteiger partial charge in [0.1, 0.15) is 0 Å². The van der Waals surface area contributed by atoms with Gasteiger partial charge in [-0.1, -0.05) is 15.9 Å². The lowest BCUT2D eigenvalue weighted by Crippen LogP contribution is -2.26. The number of halogens is 1. The molecule has 0 saturated carbocycles. The monoisotopic (exact) mass is 299 g/mol. The molecule has 0 radical (unpaired) electrons. The van der Waals surface area contributed by atoms with Crippen molar-refractivity contribution in [1.29, 1.82) is 0 Å². The second-order valence-corrected chi connectivity index (χ2v) is 5.17. The fourth-order valence-electron chi connectivity index (χ4n) is 2.03. The van der Waals surface area contributed by atoms with Gasteiger partial charge < -0.3 is 5.73 Å². The molecule has 6 heteroatoms. The van der Waals surface area contributed by atoms with Crippen molar-refractivity contribution in [3.05, 3.63) is 38.3 Å². The summed E-state index contributed by atoms with van der Waals surface area (Å²) in [5, 5.41) is 10.6. The lowest BCUT2D eigenvalue weighted by molar-refractivity contribution is -0.384. The maximum atomic E-state index is 10.6. The second kappa shape index (κ2) is 5.12. The number of rotatable bonds is 3. The Kier molecular flexibility index (Phi) is 3.76. The van der Waals surface area contributed by atoms with Crippen LogP contribution in [0.1, 0.15) is 12.0 Å². The van der Waals surface area contributed by atoms with Gasteiger partial charge in [0.15, 0.2) is 0 Å². The van der Waals surface area contributed by atoms with Gasteiger partial charge in [-0.15, -0.1) is 0 Å². The Morgan fingerprint density at radius 3 is 2.88 bits per heavy atom. The summed E-state index contributed by atoms with van der Waals surface area (Å²) in [4.78, 5) is 12.5. The van der Waals surface area contributed by atoms with E-state index >= 15 is 0 Å². The number of likely N-dealkylation sites (tertiary alicyclic amines) is 1. The van der Waals surface area contributed by atoms with Gasteiger partial charge in [-0.3, -0.25) is 15.0 Å². The van der Waals surface area contributed by atoms with Crippen molar-refractivity contribution in [3.8, 4) is 0 Å². The van der Waals surface area contributed by atoms with Crippen molar-refractivity contribution >= 4 is 21.6 Å². The molecule has 1 atom stereocenters. The molecule has 2 rings (SSSR count). The van der Waals surface area contributed by atoms with Gasteiger partial charge in [0.25, 0.3) is 5.69 Å². The van der Waals surface area contributed by atoms with Gasteiger partial charge >= 0.3 is 0 Å². The fraction of sp³-hybridized carbons (Fsp3) is 0.455. The van der Waals surface area contributed by atoms with Crippen LogP contribution in [-0.4, -0.2) is 29.0 Å². The van der Waals surface area contributed by atoms with Crippen LogP contribution in [0.25, 0.3) is 0 Å². The highest BCUT2D eigenvalue weighted by Crippen LogP contribution is 2.25. The normalized spacial score (nSPS) is 20.7. The maximum absolute atomic E-state index is 10.6. The molecular weight excluding hydrogens is 286 g/mol. The van der Waals surface area contributed by atoms with Crippen LogP contribution in [0.4, 0.5) is 5.69 Å². The Morgan fingerprint density at radius 2 is 2.35 bits per heavy atom. The van der Waals surface area contributed by atoms with Gasteiger partial charge in [0.05, 0.1) is 4.92 Å². The Morgan fingerprint density at radius 1 is 1.59 bits per heavy atom. The van der Waals surface area contributed by atoms with Crippen molar-refractivity contribution in [2.45, 2.75) is 19.0 Å². The maximum Gasteiger partial charge on any atom is 0.270 e. The smallest absolute Gasteiger partial charge is 0.270 e. The van der Waals surface area contributed by atoms with Crippen LogP contribution in [0.15, 0.2) is 22.7 Å². The first-order valence-corrected chi connectivity index (χ1v) is 6.26. The third-order valence-corrected chi connectivity index (χ3v) is 3.69. The van der Waals surface area contributed by atoms with E-state index in [1.807, 2.05) is 0 Å². The summed E-state index contributed by atoms with van der Waals surface area (Å²) in [5.74, 6) is 0. The summed E-state index contributed by atoms with van der Waals surface area (Å²) in [7, 11) is 0. The number of hydrogen-bond acceptors (Lipinski definition) is 4. The van der Waals surface area contributed by atoms with E-state index in [9.17, 15) is 10.1 Å². The first-order valence-electron chi connectivity index (χ1n) is 5.47. The minimum absolute atomic E-state index is 0.110. The molecule has 0 unspecified atom stereocenters. The predicted molar refractivity (Wildman–Crippen MR) is 68.7 cm³/mol. The zero-order valence-electron chi connectivity index (χ0n) is 9.30. The van der Waals surface area contributed by atoms with E-state index in [1.54, 1.807) is 12.1 Å². The molecule has 1 aliphatic rings. The third kappa shape index (κ3) is 3.02. The molecule has 0 amide bonds. The van der Waals surface area contributed by atoms with Crippen molar-refractivity contribution in [3.63, 3.8) is 0 Å². The number of nitrogens with two attached hydrogens (primary N) is 1. The molecule has 0 aliphatic carbocycles. The number of non-ortho nitro benzene ring substituents is 1. The fourth-order valence-corrected chi connectivity index (χ4v) is 2.52. The topological polar surface area (TPSA) is 72.4 Å². The molecule has 0 aromatic heterocycles. The molecule has 1 fully saturated rings. The summed E-state index contributed by atoms with van der Waals surface area (Å²) in [6, 6.07) is 5.14. The molecular formula is C11H14BrN3O2. The van der Waals surface area contributed by atoms with E-state index in [-0.39, 0.29) is 16.7 Å². The van der Waals surface area contributed by atoms with Crippen LogP contribution in [0, 0.1) is 10.1 Å². The predicted octanol–water partition coefficient (Wildman–Crippen LogP) is 1.89. The van der Waals surface area contributed by atoms with E-state index in [2.05, 4.69) is 20.8 Å². The third-order valence-electron chi connectivity index (χ3n) is 2.95. The molecule has 92 valence electrons. The lowest BCUT2D eigenvalue weighted by Gasteiger charge is -2.15. The Hall–Kier alpha value is -0.980. The summed E-state index contributed by atoms with van der Waals surface area (Å²) in [6.45, 7) is 2.67. The molecule has 17 heavy (non-hydrogen) atoms. The molecule has 1 heterocycles. The molecule has 2 N–H and O–H groups in total. The Balaban J connectivity index is 2.09. The highest BCUT2D eigenvalue weighted by atomic mass is 79.9. The minimum atomic E-state index is -0.389. The van der Waals surface area contributed by atoms with E-state index < -0.39 is 0 Å². The molecule has 5 nitrogen and oxygen atoms in total. The van der Waals surface area contributed by atoms with Gasteiger partial charge in [-0.05, 0) is 18.1 Å². The molecule has 0 bridgehead atoms. The largest absolute Gasteiger partial charge is 0.326 e. The summed E-state index contributed by atoms with van der Waals surface area (Å²) in [5.41, 5.74) is 7.01. The zero-order valence-corrected chi connectivity index (χ0v) is 10.9. The molecule has 0 spiro atoms. The number of nitrogens with zero attached hydrogens (tertiary/aromatic N) is 2. The summed E-state index contributed by atoms with van der Waals surface area (Å²) < 4.78 is 0.784. The number of nitro benzene ring substituents is 1. The van der Waals surface area contributed by atoms with Gasteiger partial charge in [0.2, 0.25) is 0 Å². The van der Waals surface area contributed by atoms with E-state index in [1.165, 1.54) is 6.07 Å². The lowest BCUT2D eigenvalue weighted by atomic mass is 10.2. The average Bonchev–Trinajstić information content (AvgIpc) is 2.67. The van der Waals surface area contributed by atoms with Crippen LogP contribution in [0.5, 0.6) is 0 Å². The Labute approximate surface area is 108 Å². The first kappa shape index (κ1) is 12.5. The van der Waals surface area contributed by atoms with Gasteiger partial charge in [0, 0.05) is 42.3 Å². The van der Waals surface area contributed by atoms with Crippen molar-refractivity contribution in [2.24, 2.45) is 5.73 Å². The van der Waals surface area contributed by atoms with Gasteiger partial charge in [-0.2, -0.15) is 0 Å². The molecule has 1 saturated heterocycles. The standard InChI is InChI=1S/C11H14BrN3O2/c12-11-5-10(15(16)17)2-1-8(11)6-14-4-3-9(13)7-14/h1-2,5,9H,3-4,6-7,13H2/t9-/m0/s1. The van der Waals surface area contributed by atoms with Crippen LogP contribution in [0.2, 0.25) is 0 Å². The highest BCUT2D eigenvalue weighted by Gasteiger charge is 2.20. The first-order chi connectivity index (χ1) is 8.06. The van der Waals surface area contributed by atoms with Crippen molar-refractivity contribution < 1.29 is 4.92 Å². The second-order valence-electron chi connectivity index (χ2n) is 4.32. The summed E-state index contributed by atoms with van der Waals surface area (Å²) >= 11 is 3.38. The van der Waals surface area contributed by atoms with E-state index in [0.717, 1.165) is 36.1 Å². The van der Waals surface area contributed by atoms with E-state index in [4.69, 9.17) is 5.73 Å². The number of nitro groups is 1. The Bertz CT molecular complexity index is 439. The van der Waals surface area contributed by atoms with Crippen LogP contribution in [-0.2, 0) is 6.54 Å². The molecule has 1 aromatic carbocycles. The number of benzene rings is 1. The quantitative estimate of drug-likeness (QED) is 0.683. The molecule has 1 aromatic rings. The molecule has 1 aliphatic heterocycles. The van der Waals surface area contributed by atoms with Crippen LogP contribution < -0.4 is 5.73 Å². The minimum Gasteiger partial charge on any atom is -0.326 e.